The van der Waals surface area contributed by atoms with E-state index in [0.29, 0.717) is 28.6 Å². The Morgan fingerprint density at radius 1 is 1.03 bits per heavy atom. The minimum Gasteiger partial charge on any atom is -0.325 e. The van der Waals surface area contributed by atoms with Gasteiger partial charge in [-0.15, -0.1) is 21.5 Å². The van der Waals surface area contributed by atoms with E-state index in [0.717, 1.165) is 10.7 Å². The van der Waals surface area contributed by atoms with Crippen LogP contribution in [-0.4, -0.2) is 32.3 Å². The molecule has 0 bridgehead atoms. The number of hydrogen-bond acceptors (Lipinski definition) is 6. The van der Waals surface area contributed by atoms with Crippen LogP contribution in [0.4, 0.5) is 15.8 Å². The molecule has 0 aliphatic heterocycles. The highest BCUT2D eigenvalue weighted by atomic mass is 32.2. The number of nitrogens with one attached hydrogen (secondary N) is 2. The Kier molecular flexibility index (Phi) is 7.16. The van der Waals surface area contributed by atoms with Gasteiger partial charge in [-0.1, -0.05) is 23.9 Å². The lowest BCUT2D eigenvalue weighted by Crippen LogP contribution is -2.15. The van der Waals surface area contributed by atoms with Crippen molar-refractivity contribution < 1.29 is 14.0 Å². The van der Waals surface area contributed by atoms with Crippen LogP contribution in [0.25, 0.3) is 10.7 Å². The third kappa shape index (κ3) is 5.65. The van der Waals surface area contributed by atoms with E-state index in [-0.39, 0.29) is 17.6 Å². The van der Waals surface area contributed by atoms with Gasteiger partial charge in [-0.05, 0) is 60.8 Å². The molecule has 0 spiro atoms. The van der Waals surface area contributed by atoms with Gasteiger partial charge in [-0.25, -0.2) is 4.39 Å². The van der Waals surface area contributed by atoms with Gasteiger partial charge in [-0.3, -0.25) is 9.59 Å². The Bertz CT molecular complexity index is 1260. The van der Waals surface area contributed by atoms with E-state index in [1.165, 1.54) is 36.0 Å². The Morgan fingerprint density at radius 2 is 1.79 bits per heavy atom. The first-order valence-electron chi connectivity index (χ1n) is 10.1. The molecule has 2 heterocycles. The molecule has 0 atom stereocenters. The van der Waals surface area contributed by atoms with Crippen LogP contribution in [-0.2, 0) is 11.3 Å². The van der Waals surface area contributed by atoms with Crippen molar-refractivity contribution in [2.45, 2.75) is 18.6 Å². The summed E-state index contributed by atoms with van der Waals surface area (Å²) >= 11 is 2.90. The summed E-state index contributed by atoms with van der Waals surface area (Å²) in [5, 5.41) is 16.7. The van der Waals surface area contributed by atoms with Crippen LogP contribution in [0, 0.1) is 5.82 Å². The van der Waals surface area contributed by atoms with Gasteiger partial charge in [0, 0.05) is 23.5 Å². The minimum absolute atomic E-state index is 0.161. The number of amides is 2. The maximum absolute atomic E-state index is 13.0. The number of anilines is 2. The van der Waals surface area contributed by atoms with Crippen molar-refractivity contribution in [3.05, 3.63) is 77.4 Å². The molecule has 0 saturated carbocycles. The molecule has 0 aliphatic carbocycles. The standard InChI is InChI=1S/C23H20FN5O2S2/c1-2-29-21(19-7-4-12-32-19)27-28-23(29)33-14-20(30)25-17-5-3-6-18(13-17)26-22(31)15-8-10-16(24)11-9-15/h3-13H,2,14H2,1H3,(H,25,30)(H,26,31). The van der Waals surface area contributed by atoms with E-state index < -0.39 is 5.82 Å². The van der Waals surface area contributed by atoms with Crippen LogP contribution in [0.3, 0.4) is 0 Å². The Hall–Kier alpha value is -3.50. The van der Waals surface area contributed by atoms with Crippen LogP contribution in [0.1, 0.15) is 17.3 Å². The lowest BCUT2D eigenvalue weighted by Gasteiger charge is -2.09. The number of aromatic nitrogens is 3. The first kappa shape index (κ1) is 22.7. The SMILES string of the molecule is CCn1c(SCC(=O)Nc2cccc(NC(=O)c3ccc(F)cc3)c2)nnc1-c1cccs1. The van der Waals surface area contributed by atoms with Crippen molar-refractivity contribution in [3.8, 4) is 10.7 Å². The smallest absolute Gasteiger partial charge is 0.255 e. The van der Waals surface area contributed by atoms with Crippen LogP contribution < -0.4 is 10.6 Å². The maximum Gasteiger partial charge on any atom is 0.255 e. The zero-order chi connectivity index (χ0) is 23.2. The summed E-state index contributed by atoms with van der Waals surface area (Å²) < 4.78 is 15.0. The van der Waals surface area contributed by atoms with E-state index >= 15 is 0 Å². The first-order chi connectivity index (χ1) is 16.0. The normalized spacial score (nSPS) is 10.7. The van der Waals surface area contributed by atoms with Gasteiger partial charge in [0.1, 0.15) is 5.82 Å². The monoisotopic (exact) mass is 481 g/mol. The molecule has 0 aliphatic rings. The molecule has 7 nitrogen and oxygen atoms in total. The van der Waals surface area contributed by atoms with Gasteiger partial charge < -0.3 is 15.2 Å². The van der Waals surface area contributed by atoms with E-state index in [1.807, 2.05) is 29.0 Å². The molecule has 0 saturated heterocycles. The second-order valence-corrected chi connectivity index (χ2v) is 8.80. The Balaban J connectivity index is 1.35. The molecule has 168 valence electrons. The molecule has 0 fully saturated rings. The van der Waals surface area contributed by atoms with Crippen molar-refractivity contribution in [2.75, 3.05) is 16.4 Å². The molecule has 2 aromatic carbocycles. The number of thiophene rings is 1. The molecule has 4 rings (SSSR count). The summed E-state index contributed by atoms with van der Waals surface area (Å²) in [6, 6.07) is 16.1. The number of rotatable bonds is 8. The number of halogens is 1. The second-order valence-electron chi connectivity index (χ2n) is 6.91. The fourth-order valence-electron chi connectivity index (χ4n) is 3.07. The molecular weight excluding hydrogens is 461 g/mol. The quantitative estimate of drug-likeness (QED) is 0.340. The zero-order valence-electron chi connectivity index (χ0n) is 17.6. The highest BCUT2D eigenvalue weighted by molar-refractivity contribution is 7.99. The highest BCUT2D eigenvalue weighted by Crippen LogP contribution is 2.27. The van der Waals surface area contributed by atoms with Crippen LogP contribution in [0.15, 0.2) is 71.2 Å². The van der Waals surface area contributed by atoms with Crippen molar-refractivity contribution in [1.82, 2.24) is 14.8 Å². The third-order valence-electron chi connectivity index (χ3n) is 4.62. The summed E-state index contributed by atoms with van der Waals surface area (Å²) in [5.74, 6) is -0.0248. The molecule has 0 radical (unpaired) electrons. The van der Waals surface area contributed by atoms with Crippen molar-refractivity contribution in [2.24, 2.45) is 0 Å². The van der Waals surface area contributed by atoms with Crippen LogP contribution in [0.5, 0.6) is 0 Å². The van der Waals surface area contributed by atoms with Crippen LogP contribution >= 0.6 is 23.1 Å². The number of benzene rings is 2. The topological polar surface area (TPSA) is 88.9 Å². The fraction of sp³-hybridized carbons (Fsp3) is 0.130. The largest absolute Gasteiger partial charge is 0.325 e. The molecule has 2 amide bonds. The molecule has 10 heteroatoms. The number of thioether (sulfide) groups is 1. The van der Waals surface area contributed by atoms with Gasteiger partial charge in [0.05, 0.1) is 10.6 Å². The van der Waals surface area contributed by atoms with Crippen molar-refractivity contribution >= 4 is 46.3 Å². The number of nitrogens with zero attached hydrogens (tertiary/aromatic N) is 3. The number of carbonyl (C=O) groups is 2. The first-order valence-corrected chi connectivity index (χ1v) is 12.0. The van der Waals surface area contributed by atoms with Crippen molar-refractivity contribution in [3.63, 3.8) is 0 Å². The van der Waals surface area contributed by atoms with E-state index in [2.05, 4.69) is 20.8 Å². The van der Waals surface area contributed by atoms with Crippen LogP contribution in [0.2, 0.25) is 0 Å². The number of hydrogen-bond donors (Lipinski definition) is 2. The molecule has 4 aromatic rings. The second kappa shape index (κ2) is 10.4. The molecule has 33 heavy (non-hydrogen) atoms. The van der Waals surface area contributed by atoms with Gasteiger partial charge in [-0.2, -0.15) is 0 Å². The summed E-state index contributed by atoms with van der Waals surface area (Å²) in [5.41, 5.74) is 1.40. The van der Waals surface area contributed by atoms with Gasteiger partial charge in [0.25, 0.3) is 5.91 Å². The highest BCUT2D eigenvalue weighted by Gasteiger charge is 2.15. The maximum atomic E-state index is 13.0. The average Bonchev–Trinajstić information content (AvgIpc) is 3.48. The van der Waals surface area contributed by atoms with Gasteiger partial charge in [0.15, 0.2) is 11.0 Å². The summed E-state index contributed by atoms with van der Waals surface area (Å²) in [6.07, 6.45) is 0. The summed E-state index contributed by atoms with van der Waals surface area (Å²) in [6.45, 7) is 2.70. The average molecular weight is 482 g/mol. The van der Waals surface area contributed by atoms with Gasteiger partial charge in [0.2, 0.25) is 5.91 Å². The fourth-order valence-corrected chi connectivity index (χ4v) is 4.59. The Labute approximate surface area is 198 Å². The predicted octanol–water partition coefficient (Wildman–Crippen LogP) is 5.15. The third-order valence-corrected chi connectivity index (χ3v) is 6.45. The van der Waals surface area contributed by atoms with Crippen molar-refractivity contribution in [1.29, 1.82) is 0 Å². The van der Waals surface area contributed by atoms with E-state index in [9.17, 15) is 14.0 Å². The molecule has 2 N–H and O–H groups in total. The summed E-state index contributed by atoms with van der Waals surface area (Å²) in [7, 11) is 0. The van der Waals surface area contributed by atoms with E-state index in [1.54, 1.807) is 35.6 Å². The minimum atomic E-state index is -0.408. The molecule has 0 unspecified atom stereocenters. The van der Waals surface area contributed by atoms with Gasteiger partial charge >= 0.3 is 0 Å². The predicted molar refractivity (Wildman–Crippen MR) is 129 cm³/mol. The van der Waals surface area contributed by atoms with E-state index in [4.69, 9.17) is 0 Å². The molecule has 2 aromatic heterocycles. The number of carbonyl (C=O) groups excluding carboxylic acids is 2. The summed E-state index contributed by atoms with van der Waals surface area (Å²) in [4.78, 5) is 25.9. The zero-order valence-corrected chi connectivity index (χ0v) is 19.3. The lowest BCUT2D eigenvalue weighted by atomic mass is 10.2. The Morgan fingerprint density at radius 3 is 2.48 bits per heavy atom. The molecular formula is C23H20FN5O2S2. The lowest BCUT2D eigenvalue weighted by molar-refractivity contribution is -0.113.